The number of rotatable bonds is 10. The van der Waals surface area contributed by atoms with Crippen LogP contribution in [0.5, 0.6) is 0 Å². The maximum absolute atomic E-state index is 13.4. The average Bonchev–Trinajstić information content (AvgIpc) is 3.40. The molecule has 2 aliphatic rings. The van der Waals surface area contributed by atoms with Gasteiger partial charge >= 0.3 is 12.4 Å². The molecule has 0 radical (unpaired) electrons. The Morgan fingerprint density at radius 2 is 1.67 bits per heavy atom. The molecule has 17 heteroatoms. The Morgan fingerprint density at radius 3 is 2.26 bits per heavy atom. The maximum Gasteiger partial charge on any atom is 0.405 e. The highest BCUT2D eigenvalue weighted by atomic mass is 32.2. The minimum atomic E-state index is -5.18. The Hall–Kier alpha value is -2.50. The molecule has 4 rings (SSSR count). The van der Waals surface area contributed by atoms with Gasteiger partial charge in [-0.3, -0.25) is 4.18 Å². The van der Waals surface area contributed by atoms with Crippen LogP contribution in [0.3, 0.4) is 0 Å². The summed E-state index contributed by atoms with van der Waals surface area (Å²) in [6, 6.07) is 5.72. The lowest BCUT2D eigenvalue weighted by molar-refractivity contribution is -0.109. The van der Waals surface area contributed by atoms with Crippen LogP contribution in [0.25, 0.3) is 5.69 Å². The molecule has 234 valence electrons. The van der Waals surface area contributed by atoms with Crippen molar-refractivity contribution in [3.63, 3.8) is 0 Å². The van der Waals surface area contributed by atoms with Crippen LogP contribution in [-0.4, -0.2) is 74.0 Å². The van der Waals surface area contributed by atoms with Crippen molar-refractivity contribution in [3.8, 4) is 5.69 Å². The number of alkyl halides is 6. The minimum absolute atomic E-state index is 0.293. The lowest BCUT2D eigenvalue weighted by Crippen LogP contribution is -2.45. The van der Waals surface area contributed by atoms with E-state index in [1.807, 2.05) is 6.92 Å². The minimum Gasteiger partial charge on any atom is -0.265 e. The van der Waals surface area contributed by atoms with Gasteiger partial charge in [-0.2, -0.15) is 44.2 Å². The van der Waals surface area contributed by atoms with Crippen molar-refractivity contribution in [1.29, 1.82) is 0 Å². The monoisotopic (exact) mass is 647 g/mol. The second-order valence-electron chi connectivity index (χ2n) is 10.5. The molecule has 1 heterocycles. The van der Waals surface area contributed by atoms with Crippen LogP contribution in [0.4, 0.5) is 30.7 Å². The lowest BCUT2D eigenvalue weighted by Gasteiger charge is -2.32. The zero-order chi connectivity index (χ0) is 31.3. The number of nitrogens with zero attached hydrogens (tertiary/aromatic N) is 3. The summed E-state index contributed by atoms with van der Waals surface area (Å²) in [5, 5.41) is 4.42. The summed E-state index contributed by atoms with van der Waals surface area (Å²) in [7, 11) is -10.2. The molecule has 1 aromatic heterocycles. The van der Waals surface area contributed by atoms with E-state index in [0.29, 0.717) is 29.3 Å². The van der Waals surface area contributed by atoms with Crippen molar-refractivity contribution in [1.82, 2.24) is 14.1 Å². The molecule has 0 unspecified atom stereocenters. The Morgan fingerprint density at radius 1 is 1.05 bits per heavy atom. The van der Waals surface area contributed by atoms with Gasteiger partial charge in [-0.1, -0.05) is 18.1 Å². The van der Waals surface area contributed by atoms with Crippen LogP contribution >= 0.6 is 0 Å². The molecule has 0 aliphatic heterocycles. The van der Waals surface area contributed by atoms with Crippen LogP contribution in [0, 0.1) is 11.7 Å². The first-order chi connectivity index (χ1) is 19.2. The first kappa shape index (κ1) is 32.4. The molecule has 0 spiro atoms. The van der Waals surface area contributed by atoms with E-state index in [4.69, 9.17) is 0 Å². The van der Waals surface area contributed by atoms with E-state index in [-0.39, 0.29) is 5.92 Å². The third-order valence-corrected chi connectivity index (χ3v) is 10.3. The number of sulfonamides is 1. The van der Waals surface area contributed by atoms with E-state index < -0.39 is 74.9 Å². The molecule has 1 aromatic carbocycles. The van der Waals surface area contributed by atoms with Crippen molar-refractivity contribution in [2.24, 2.45) is 5.92 Å². The van der Waals surface area contributed by atoms with Gasteiger partial charge in [-0.15, -0.1) is 0 Å². The smallest absolute Gasteiger partial charge is 0.265 e. The number of benzene rings is 1. The molecule has 8 nitrogen and oxygen atoms in total. The zero-order valence-corrected chi connectivity index (χ0v) is 24.0. The molecule has 0 bridgehead atoms. The summed E-state index contributed by atoms with van der Waals surface area (Å²) in [6.07, 6.45) is -8.99. The molecule has 0 N–H and O–H groups in total. The Kier molecular flexibility index (Phi) is 8.90. The van der Waals surface area contributed by atoms with Gasteiger partial charge in [0.1, 0.15) is 5.82 Å². The number of halogens is 7. The van der Waals surface area contributed by atoms with E-state index in [1.165, 1.54) is 12.1 Å². The van der Waals surface area contributed by atoms with Crippen LogP contribution in [-0.2, 0) is 30.7 Å². The van der Waals surface area contributed by atoms with Crippen molar-refractivity contribution in [2.45, 2.75) is 57.5 Å². The lowest BCUT2D eigenvalue weighted by atomic mass is 9.80. The SMILES string of the molecule is C[C@@H]1C2=C(CC[C@@H]2CN(C[C@H](C)OS(=O)(=O)CC(F)(F)F)S(=O)(=O)CC(F)(F)F)Cc2c1cnn2-c1ccc(F)cc1. The third-order valence-electron chi connectivity index (χ3n) is 7.20. The third kappa shape index (κ3) is 7.71. The van der Waals surface area contributed by atoms with E-state index in [2.05, 4.69) is 9.28 Å². The average molecular weight is 648 g/mol. The van der Waals surface area contributed by atoms with Gasteiger partial charge in [0.25, 0.3) is 10.1 Å². The van der Waals surface area contributed by atoms with Gasteiger partial charge in [0, 0.05) is 31.0 Å². The molecule has 0 saturated heterocycles. The summed E-state index contributed by atoms with van der Waals surface area (Å²) in [4.78, 5) is 0. The highest BCUT2D eigenvalue weighted by Gasteiger charge is 2.43. The van der Waals surface area contributed by atoms with Gasteiger partial charge in [-0.05, 0) is 49.9 Å². The number of aromatic nitrogens is 2. The molecular weight excluding hydrogens is 619 g/mol. The summed E-state index contributed by atoms with van der Waals surface area (Å²) in [5.41, 5.74) is 4.06. The highest BCUT2D eigenvalue weighted by molar-refractivity contribution is 7.89. The molecule has 0 saturated carbocycles. The summed E-state index contributed by atoms with van der Waals surface area (Å²) < 4.78 is 147. The Bertz CT molecular complexity index is 1550. The van der Waals surface area contributed by atoms with Gasteiger partial charge < -0.3 is 0 Å². The van der Waals surface area contributed by atoms with E-state index in [0.717, 1.165) is 29.3 Å². The first-order valence-electron chi connectivity index (χ1n) is 12.8. The topological polar surface area (TPSA) is 98.6 Å². The summed E-state index contributed by atoms with van der Waals surface area (Å²) in [5.74, 6) is -5.81. The van der Waals surface area contributed by atoms with Crippen molar-refractivity contribution in [3.05, 3.63) is 58.7 Å². The second kappa shape index (κ2) is 11.5. The fourth-order valence-corrected chi connectivity index (χ4v) is 8.19. The quantitative estimate of drug-likeness (QED) is 0.208. The van der Waals surface area contributed by atoms with Crippen LogP contribution in [0.1, 0.15) is 43.9 Å². The van der Waals surface area contributed by atoms with Crippen molar-refractivity contribution >= 4 is 20.1 Å². The van der Waals surface area contributed by atoms with Crippen molar-refractivity contribution < 1.29 is 51.8 Å². The number of allylic oxidation sites excluding steroid dienone is 1. The Labute approximate surface area is 238 Å². The predicted molar refractivity (Wildman–Crippen MR) is 137 cm³/mol. The Balaban J connectivity index is 1.58. The largest absolute Gasteiger partial charge is 0.405 e. The number of hydrogen-bond donors (Lipinski definition) is 0. The highest BCUT2D eigenvalue weighted by Crippen LogP contribution is 2.47. The number of fused-ring (bicyclic) bond motifs is 1. The van der Waals surface area contributed by atoms with Crippen LogP contribution < -0.4 is 0 Å². The fraction of sp³-hybridized carbons (Fsp3) is 0.560. The molecule has 0 fully saturated rings. The van der Waals surface area contributed by atoms with Gasteiger partial charge in [0.2, 0.25) is 10.0 Å². The fourth-order valence-electron chi connectivity index (χ4n) is 5.72. The molecule has 2 aliphatic carbocycles. The van der Waals surface area contributed by atoms with Gasteiger partial charge in [0.15, 0.2) is 11.5 Å². The second-order valence-corrected chi connectivity index (χ2v) is 14.1. The summed E-state index contributed by atoms with van der Waals surface area (Å²) in [6.45, 7) is 1.47. The van der Waals surface area contributed by atoms with Gasteiger partial charge in [0.05, 0.1) is 23.7 Å². The molecule has 0 amide bonds. The molecule has 2 aromatic rings. The van der Waals surface area contributed by atoms with Crippen LogP contribution in [0.2, 0.25) is 0 Å². The normalized spacial score (nSPS) is 20.6. The van der Waals surface area contributed by atoms with Crippen LogP contribution in [0.15, 0.2) is 41.6 Å². The maximum atomic E-state index is 13.4. The molecular formula is C25H28F7N3O5S2. The van der Waals surface area contributed by atoms with Gasteiger partial charge in [-0.25, -0.2) is 17.5 Å². The van der Waals surface area contributed by atoms with Crippen molar-refractivity contribution in [2.75, 3.05) is 24.6 Å². The molecule has 3 atom stereocenters. The predicted octanol–water partition coefficient (Wildman–Crippen LogP) is 4.87. The zero-order valence-electron chi connectivity index (χ0n) is 22.4. The van der Waals surface area contributed by atoms with E-state index >= 15 is 0 Å². The first-order valence-corrected chi connectivity index (χ1v) is 16.0. The number of hydrogen-bond acceptors (Lipinski definition) is 6. The standard InChI is InChI=1S/C25H28F7N3O5S2/c1-15(40-42(38,39)14-25(30,31)32)11-34(41(36,37)13-24(27,28)29)12-18-4-3-17-9-22-21(16(2)23(17)18)10-33-35(22)20-7-5-19(26)6-8-20/h5-8,10,15-16,18H,3-4,9,11-14H2,1-2H3/t15-,16-,18+/m0/s1. The molecule has 42 heavy (non-hydrogen) atoms. The van der Waals surface area contributed by atoms with E-state index in [9.17, 15) is 47.6 Å². The van der Waals surface area contributed by atoms with E-state index in [1.54, 1.807) is 23.0 Å². The summed E-state index contributed by atoms with van der Waals surface area (Å²) >= 11 is 0.